The zero-order valence-electron chi connectivity index (χ0n) is 11.9. The summed E-state index contributed by atoms with van der Waals surface area (Å²) in [5, 5.41) is 13.2. The summed E-state index contributed by atoms with van der Waals surface area (Å²) in [4.78, 5) is 4.35. The van der Waals surface area contributed by atoms with Gasteiger partial charge in [0.05, 0.1) is 18.6 Å². The van der Waals surface area contributed by atoms with Crippen molar-refractivity contribution in [2.75, 3.05) is 6.61 Å². The number of aryl methyl sites for hydroxylation is 1. The molecule has 1 aromatic rings. The van der Waals surface area contributed by atoms with E-state index in [4.69, 9.17) is 0 Å². The molecular formula is C14H25N3O. The van der Waals surface area contributed by atoms with Crippen molar-refractivity contribution in [2.24, 2.45) is 0 Å². The third kappa shape index (κ3) is 2.93. The summed E-state index contributed by atoms with van der Waals surface area (Å²) in [5.41, 5.74) is 2.11. The molecule has 0 radical (unpaired) electrons. The van der Waals surface area contributed by atoms with Gasteiger partial charge < -0.3 is 15.0 Å². The van der Waals surface area contributed by atoms with E-state index in [1.807, 2.05) is 13.3 Å². The van der Waals surface area contributed by atoms with Crippen molar-refractivity contribution in [1.29, 1.82) is 0 Å². The van der Waals surface area contributed by atoms with E-state index in [9.17, 15) is 5.11 Å². The Morgan fingerprint density at radius 1 is 1.56 bits per heavy atom. The van der Waals surface area contributed by atoms with E-state index in [1.54, 1.807) is 0 Å². The van der Waals surface area contributed by atoms with Crippen molar-refractivity contribution in [3.8, 4) is 0 Å². The third-order valence-corrected chi connectivity index (χ3v) is 3.99. The van der Waals surface area contributed by atoms with E-state index in [0.717, 1.165) is 12.1 Å². The van der Waals surface area contributed by atoms with Crippen molar-refractivity contribution in [3.05, 3.63) is 17.7 Å². The molecule has 0 aliphatic heterocycles. The summed E-state index contributed by atoms with van der Waals surface area (Å²) in [6.45, 7) is 8.62. The maximum atomic E-state index is 9.64. The van der Waals surface area contributed by atoms with Crippen LogP contribution in [0.2, 0.25) is 0 Å². The zero-order chi connectivity index (χ0) is 13.3. The van der Waals surface area contributed by atoms with Crippen molar-refractivity contribution in [1.82, 2.24) is 14.9 Å². The van der Waals surface area contributed by atoms with Gasteiger partial charge in [0.25, 0.3) is 0 Å². The minimum atomic E-state index is -0.189. The largest absolute Gasteiger partial charge is 0.394 e. The first-order valence-electron chi connectivity index (χ1n) is 6.84. The van der Waals surface area contributed by atoms with Crippen LogP contribution in [0, 0.1) is 13.8 Å². The van der Waals surface area contributed by atoms with E-state index in [-0.39, 0.29) is 12.1 Å². The minimum absolute atomic E-state index is 0.181. The van der Waals surface area contributed by atoms with Gasteiger partial charge in [-0.15, -0.1) is 0 Å². The van der Waals surface area contributed by atoms with Gasteiger partial charge in [0.15, 0.2) is 0 Å². The van der Waals surface area contributed by atoms with Crippen molar-refractivity contribution in [2.45, 2.75) is 64.6 Å². The maximum absolute atomic E-state index is 9.64. The fourth-order valence-electron chi connectivity index (χ4n) is 2.60. The number of aliphatic hydroxyl groups is 1. The molecule has 4 nitrogen and oxygen atoms in total. The SMILES string of the molecule is Cc1ncn(C(C)CC(C)(CO)NC2CC2)c1C. The topological polar surface area (TPSA) is 50.1 Å². The fraction of sp³-hybridized carbons (Fsp3) is 0.786. The van der Waals surface area contributed by atoms with Crippen molar-refractivity contribution >= 4 is 0 Å². The Bertz CT molecular complexity index is 411. The van der Waals surface area contributed by atoms with Crippen molar-refractivity contribution in [3.63, 3.8) is 0 Å². The van der Waals surface area contributed by atoms with Gasteiger partial charge in [0, 0.05) is 23.3 Å². The molecule has 1 aromatic heterocycles. The molecule has 2 unspecified atom stereocenters. The van der Waals surface area contributed by atoms with Gasteiger partial charge in [0.2, 0.25) is 0 Å². The molecule has 0 spiro atoms. The average molecular weight is 251 g/mol. The number of nitrogens with zero attached hydrogens (tertiary/aromatic N) is 2. The van der Waals surface area contributed by atoms with Crippen LogP contribution in [0.25, 0.3) is 0 Å². The monoisotopic (exact) mass is 251 g/mol. The van der Waals surface area contributed by atoms with Gasteiger partial charge in [-0.1, -0.05) is 0 Å². The van der Waals surface area contributed by atoms with Gasteiger partial charge in [-0.05, 0) is 47.0 Å². The molecule has 1 heterocycles. The molecule has 102 valence electrons. The smallest absolute Gasteiger partial charge is 0.0953 e. The fourth-order valence-corrected chi connectivity index (χ4v) is 2.60. The molecule has 0 saturated heterocycles. The normalized spacial score (nSPS) is 20.7. The number of hydrogen-bond donors (Lipinski definition) is 2. The van der Waals surface area contributed by atoms with Gasteiger partial charge in [-0.2, -0.15) is 0 Å². The van der Waals surface area contributed by atoms with Crippen LogP contribution in [-0.2, 0) is 0 Å². The first kappa shape index (κ1) is 13.6. The van der Waals surface area contributed by atoms with E-state index in [1.165, 1.54) is 18.5 Å². The summed E-state index contributed by atoms with van der Waals surface area (Å²) in [6, 6.07) is 0.953. The number of rotatable bonds is 6. The van der Waals surface area contributed by atoms with Gasteiger partial charge in [-0.25, -0.2) is 4.98 Å². The molecule has 1 aliphatic carbocycles. The predicted molar refractivity (Wildman–Crippen MR) is 72.7 cm³/mol. The molecule has 0 aromatic carbocycles. The standard InChI is InChI=1S/C14H25N3O/c1-10(17-9-15-11(2)12(17)3)7-14(4,8-18)16-13-5-6-13/h9-10,13,16,18H,5-8H2,1-4H3. The lowest BCUT2D eigenvalue weighted by Gasteiger charge is -2.32. The summed E-state index contributed by atoms with van der Waals surface area (Å²) in [5.74, 6) is 0. The molecule has 1 saturated carbocycles. The molecule has 1 aliphatic rings. The highest BCUT2D eigenvalue weighted by atomic mass is 16.3. The summed E-state index contributed by atoms with van der Waals surface area (Å²) >= 11 is 0. The Morgan fingerprint density at radius 2 is 2.22 bits per heavy atom. The lowest BCUT2D eigenvalue weighted by atomic mass is 9.94. The minimum Gasteiger partial charge on any atom is -0.394 e. The van der Waals surface area contributed by atoms with Crippen molar-refractivity contribution < 1.29 is 5.11 Å². The van der Waals surface area contributed by atoms with Crippen LogP contribution in [0.15, 0.2) is 6.33 Å². The number of aliphatic hydroxyl groups excluding tert-OH is 1. The van der Waals surface area contributed by atoms with Gasteiger partial charge in [0.1, 0.15) is 0 Å². The molecule has 1 fully saturated rings. The second kappa shape index (κ2) is 5.02. The predicted octanol–water partition coefficient (Wildman–Crippen LogP) is 1.95. The van der Waals surface area contributed by atoms with Crippen LogP contribution in [0.3, 0.4) is 0 Å². The van der Waals surface area contributed by atoms with Crippen LogP contribution < -0.4 is 5.32 Å². The molecular weight excluding hydrogens is 226 g/mol. The van der Waals surface area contributed by atoms with Crippen LogP contribution in [0.5, 0.6) is 0 Å². The summed E-state index contributed by atoms with van der Waals surface area (Å²) in [7, 11) is 0. The number of aromatic nitrogens is 2. The highest BCUT2D eigenvalue weighted by molar-refractivity contribution is 5.10. The number of nitrogens with one attached hydrogen (secondary N) is 1. The second-order valence-electron chi connectivity index (χ2n) is 6.01. The lowest BCUT2D eigenvalue weighted by Crippen LogP contribution is -2.48. The highest BCUT2D eigenvalue weighted by Crippen LogP contribution is 2.28. The van der Waals surface area contributed by atoms with Gasteiger partial charge >= 0.3 is 0 Å². The Labute approximate surface area is 109 Å². The van der Waals surface area contributed by atoms with Crippen LogP contribution in [0.4, 0.5) is 0 Å². The molecule has 18 heavy (non-hydrogen) atoms. The van der Waals surface area contributed by atoms with Crippen LogP contribution >= 0.6 is 0 Å². The Balaban J connectivity index is 2.04. The zero-order valence-corrected chi connectivity index (χ0v) is 11.9. The highest BCUT2D eigenvalue weighted by Gasteiger charge is 2.33. The number of imidazole rings is 1. The first-order valence-corrected chi connectivity index (χ1v) is 6.84. The Kier molecular flexibility index (Phi) is 3.78. The lowest BCUT2D eigenvalue weighted by molar-refractivity contribution is 0.149. The Hall–Kier alpha value is -0.870. The molecule has 2 rings (SSSR count). The third-order valence-electron chi connectivity index (χ3n) is 3.99. The molecule has 2 atom stereocenters. The average Bonchev–Trinajstić information content (AvgIpc) is 3.06. The maximum Gasteiger partial charge on any atom is 0.0953 e. The second-order valence-corrected chi connectivity index (χ2v) is 6.01. The van der Waals surface area contributed by atoms with E-state index < -0.39 is 0 Å². The quantitative estimate of drug-likeness (QED) is 0.812. The molecule has 0 bridgehead atoms. The van der Waals surface area contributed by atoms with E-state index >= 15 is 0 Å². The molecule has 0 amide bonds. The Morgan fingerprint density at radius 3 is 2.67 bits per heavy atom. The summed E-state index contributed by atoms with van der Waals surface area (Å²) < 4.78 is 2.21. The van der Waals surface area contributed by atoms with Crippen LogP contribution in [-0.4, -0.2) is 32.8 Å². The first-order chi connectivity index (χ1) is 8.45. The summed E-state index contributed by atoms with van der Waals surface area (Å²) in [6.07, 6.45) is 5.31. The van der Waals surface area contributed by atoms with E-state index in [0.29, 0.717) is 12.1 Å². The van der Waals surface area contributed by atoms with Gasteiger partial charge in [-0.3, -0.25) is 0 Å². The number of hydrogen-bond acceptors (Lipinski definition) is 3. The van der Waals surface area contributed by atoms with E-state index in [2.05, 4.69) is 35.6 Å². The molecule has 4 heteroatoms. The van der Waals surface area contributed by atoms with Crippen LogP contribution in [0.1, 0.15) is 50.5 Å². The molecule has 2 N–H and O–H groups in total.